The van der Waals surface area contributed by atoms with Gasteiger partial charge in [-0.2, -0.15) is 0 Å². The Bertz CT molecular complexity index is 518. The van der Waals surface area contributed by atoms with E-state index in [1.54, 1.807) is 31.2 Å². The molecule has 1 aromatic rings. The fourth-order valence-corrected chi connectivity index (χ4v) is 2.30. The van der Waals surface area contributed by atoms with Crippen LogP contribution in [0.2, 0.25) is 0 Å². The molecule has 0 saturated carbocycles. The first-order valence-electron chi connectivity index (χ1n) is 6.11. The molecule has 1 fully saturated rings. The first-order chi connectivity index (χ1) is 8.95. The summed E-state index contributed by atoms with van der Waals surface area (Å²) in [6.45, 7) is 2.00. The summed E-state index contributed by atoms with van der Waals surface area (Å²) < 4.78 is 0. The third-order valence-electron chi connectivity index (χ3n) is 3.55. The third kappa shape index (κ3) is 2.33. The van der Waals surface area contributed by atoms with Crippen LogP contribution in [0.3, 0.4) is 0 Å². The van der Waals surface area contributed by atoms with Crippen LogP contribution in [-0.2, 0) is 4.79 Å². The Kier molecular flexibility index (Phi) is 3.33. The van der Waals surface area contributed by atoms with Gasteiger partial charge < -0.3 is 21.1 Å². The van der Waals surface area contributed by atoms with E-state index in [4.69, 9.17) is 5.73 Å². The molecular formula is C13H17N3O3. The molecule has 102 valence electrons. The van der Waals surface area contributed by atoms with E-state index in [9.17, 15) is 14.7 Å². The standard InChI is InChI=1S/C13H17N3O3/c1-13(11(17)18)7-4-8-16(13)12(19)15-10-6-3-2-5-9(10)14/h2-3,5-6H,4,7-8,14H2,1H3,(H,15,19)(H,17,18). The quantitative estimate of drug-likeness (QED) is 0.708. The van der Waals surface area contributed by atoms with Crippen molar-refractivity contribution in [3.05, 3.63) is 24.3 Å². The van der Waals surface area contributed by atoms with Gasteiger partial charge in [-0.15, -0.1) is 0 Å². The average molecular weight is 263 g/mol. The molecule has 1 aliphatic rings. The van der Waals surface area contributed by atoms with Crippen molar-refractivity contribution in [2.24, 2.45) is 0 Å². The second kappa shape index (κ2) is 4.79. The highest BCUT2D eigenvalue weighted by Gasteiger charge is 2.46. The van der Waals surface area contributed by atoms with Gasteiger partial charge in [0, 0.05) is 6.54 Å². The number of carboxylic acid groups (broad SMARTS) is 1. The Labute approximate surface area is 111 Å². The van der Waals surface area contributed by atoms with Crippen LogP contribution in [0.25, 0.3) is 0 Å². The van der Waals surface area contributed by atoms with Crippen LogP contribution in [-0.4, -0.2) is 34.1 Å². The molecule has 1 aromatic carbocycles. The lowest BCUT2D eigenvalue weighted by atomic mass is 10.00. The molecular weight excluding hydrogens is 246 g/mol. The molecule has 6 heteroatoms. The number of para-hydroxylation sites is 2. The van der Waals surface area contributed by atoms with E-state index in [0.717, 1.165) is 0 Å². The first-order valence-corrected chi connectivity index (χ1v) is 6.11. The molecule has 1 saturated heterocycles. The molecule has 2 amide bonds. The van der Waals surface area contributed by atoms with Gasteiger partial charge in [-0.25, -0.2) is 9.59 Å². The smallest absolute Gasteiger partial charge is 0.329 e. The number of benzene rings is 1. The summed E-state index contributed by atoms with van der Waals surface area (Å²) in [4.78, 5) is 24.8. The van der Waals surface area contributed by atoms with Crippen molar-refractivity contribution < 1.29 is 14.7 Å². The van der Waals surface area contributed by atoms with Crippen molar-refractivity contribution in [1.82, 2.24) is 4.90 Å². The van der Waals surface area contributed by atoms with Crippen LogP contribution in [0.5, 0.6) is 0 Å². The Morgan fingerprint density at radius 2 is 2.11 bits per heavy atom. The summed E-state index contributed by atoms with van der Waals surface area (Å²) in [5.41, 5.74) is 5.54. The van der Waals surface area contributed by atoms with E-state index in [1.165, 1.54) is 4.90 Å². The number of amides is 2. The zero-order valence-corrected chi connectivity index (χ0v) is 10.7. The summed E-state index contributed by atoms with van der Waals surface area (Å²) >= 11 is 0. The highest BCUT2D eigenvalue weighted by Crippen LogP contribution is 2.30. The third-order valence-corrected chi connectivity index (χ3v) is 3.55. The fourth-order valence-electron chi connectivity index (χ4n) is 2.30. The van der Waals surface area contributed by atoms with Gasteiger partial charge in [-0.05, 0) is 31.9 Å². The highest BCUT2D eigenvalue weighted by atomic mass is 16.4. The monoisotopic (exact) mass is 263 g/mol. The molecule has 1 atom stereocenters. The molecule has 19 heavy (non-hydrogen) atoms. The number of anilines is 2. The second-order valence-electron chi connectivity index (χ2n) is 4.85. The van der Waals surface area contributed by atoms with Gasteiger partial charge in [-0.1, -0.05) is 12.1 Å². The molecule has 1 aliphatic heterocycles. The Morgan fingerprint density at radius 3 is 2.74 bits per heavy atom. The number of hydrogen-bond acceptors (Lipinski definition) is 3. The molecule has 0 bridgehead atoms. The van der Waals surface area contributed by atoms with Gasteiger partial charge in [0.05, 0.1) is 11.4 Å². The largest absolute Gasteiger partial charge is 0.480 e. The minimum atomic E-state index is -1.15. The lowest BCUT2D eigenvalue weighted by molar-refractivity contribution is -0.146. The number of hydrogen-bond donors (Lipinski definition) is 3. The van der Waals surface area contributed by atoms with E-state index in [2.05, 4.69) is 5.32 Å². The van der Waals surface area contributed by atoms with E-state index < -0.39 is 17.5 Å². The zero-order valence-electron chi connectivity index (χ0n) is 10.7. The predicted molar refractivity (Wildman–Crippen MR) is 71.9 cm³/mol. The SMILES string of the molecule is CC1(C(=O)O)CCCN1C(=O)Nc1ccccc1N. The van der Waals surface area contributed by atoms with Gasteiger partial charge in [0.2, 0.25) is 0 Å². The topological polar surface area (TPSA) is 95.7 Å². The number of carbonyl (C=O) groups is 2. The minimum absolute atomic E-state index is 0.430. The van der Waals surface area contributed by atoms with Gasteiger partial charge >= 0.3 is 12.0 Å². The Hall–Kier alpha value is -2.24. The van der Waals surface area contributed by atoms with Gasteiger partial charge in [0.25, 0.3) is 0 Å². The first kappa shape index (κ1) is 13.2. The number of aliphatic carboxylic acids is 1. The van der Waals surface area contributed by atoms with Crippen LogP contribution < -0.4 is 11.1 Å². The maximum Gasteiger partial charge on any atom is 0.329 e. The minimum Gasteiger partial charge on any atom is -0.480 e. The number of rotatable bonds is 2. The molecule has 0 aromatic heterocycles. The number of likely N-dealkylation sites (tertiary alicyclic amines) is 1. The number of carbonyl (C=O) groups excluding carboxylic acids is 1. The van der Waals surface area contributed by atoms with Crippen molar-refractivity contribution in [2.75, 3.05) is 17.6 Å². The summed E-state index contributed by atoms with van der Waals surface area (Å²) in [6, 6.07) is 6.45. The maximum atomic E-state index is 12.2. The number of nitrogens with two attached hydrogens (primary N) is 1. The number of nitrogen functional groups attached to an aromatic ring is 1. The van der Waals surface area contributed by atoms with E-state index >= 15 is 0 Å². The maximum absolute atomic E-state index is 12.2. The molecule has 1 heterocycles. The second-order valence-corrected chi connectivity index (χ2v) is 4.85. The summed E-state index contributed by atoms with van der Waals surface area (Å²) in [6.07, 6.45) is 1.14. The van der Waals surface area contributed by atoms with Crippen LogP contribution in [0.1, 0.15) is 19.8 Å². The molecule has 6 nitrogen and oxygen atoms in total. The van der Waals surface area contributed by atoms with Gasteiger partial charge in [-0.3, -0.25) is 0 Å². The fraction of sp³-hybridized carbons (Fsp3) is 0.385. The van der Waals surface area contributed by atoms with E-state index in [0.29, 0.717) is 30.8 Å². The lowest BCUT2D eigenvalue weighted by Gasteiger charge is -2.31. The Morgan fingerprint density at radius 1 is 1.42 bits per heavy atom. The van der Waals surface area contributed by atoms with Crippen molar-refractivity contribution >= 4 is 23.4 Å². The van der Waals surface area contributed by atoms with E-state index in [-0.39, 0.29) is 0 Å². The number of carboxylic acids is 1. The molecule has 4 N–H and O–H groups in total. The number of nitrogens with zero attached hydrogens (tertiary/aromatic N) is 1. The van der Waals surface area contributed by atoms with Crippen molar-refractivity contribution in [2.45, 2.75) is 25.3 Å². The van der Waals surface area contributed by atoms with Crippen LogP contribution in [0, 0.1) is 0 Å². The van der Waals surface area contributed by atoms with Crippen LogP contribution in [0.15, 0.2) is 24.3 Å². The van der Waals surface area contributed by atoms with Crippen molar-refractivity contribution in [3.63, 3.8) is 0 Å². The highest BCUT2D eigenvalue weighted by molar-refractivity contribution is 5.96. The van der Waals surface area contributed by atoms with Gasteiger partial charge in [0.15, 0.2) is 0 Å². The van der Waals surface area contributed by atoms with Gasteiger partial charge in [0.1, 0.15) is 5.54 Å². The molecule has 0 spiro atoms. The zero-order chi connectivity index (χ0) is 14.0. The van der Waals surface area contributed by atoms with E-state index in [1.807, 2.05) is 0 Å². The summed E-state index contributed by atoms with van der Waals surface area (Å²) in [7, 11) is 0. The molecule has 0 aliphatic carbocycles. The Balaban J connectivity index is 2.17. The molecule has 1 unspecified atom stereocenters. The molecule has 2 rings (SSSR count). The normalized spacial score (nSPS) is 22.3. The predicted octanol–water partition coefficient (Wildman–Crippen LogP) is 1.74. The van der Waals surface area contributed by atoms with Crippen LogP contribution >= 0.6 is 0 Å². The lowest BCUT2D eigenvalue weighted by Crippen LogP contribution is -2.52. The van der Waals surface area contributed by atoms with Crippen molar-refractivity contribution in [3.8, 4) is 0 Å². The van der Waals surface area contributed by atoms with Crippen LogP contribution in [0.4, 0.5) is 16.2 Å². The van der Waals surface area contributed by atoms with Crippen molar-refractivity contribution in [1.29, 1.82) is 0 Å². The summed E-state index contributed by atoms with van der Waals surface area (Å²) in [5, 5.41) is 11.9. The number of nitrogens with one attached hydrogen (secondary N) is 1. The number of urea groups is 1. The summed E-state index contributed by atoms with van der Waals surface area (Å²) in [5.74, 6) is -0.985. The average Bonchev–Trinajstić information content (AvgIpc) is 2.76. The molecule has 0 radical (unpaired) electrons.